The van der Waals surface area contributed by atoms with Crippen molar-refractivity contribution in [2.45, 2.75) is 26.1 Å². The highest BCUT2D eigenvalue weighted by atomic mass is 19.3. The monoisotopic (exact) mass is 243 g/mol. The Hall–Kier alpha value is -1.43. The third-order valence-electron chi connectivity index (χ3n) is 2.77. The summed E-state index contributed by atoms with van der Waals surface area (Å²) in [5, 5.41) is 2.79. The van der Waals surface area contributed by atoms with Gasteiger partial charge in [-0.15, -0.1) is 0 Å². The second-order valence-electron chi connectivity index (χ2n) is 4.32. The molecule has 1 aromatic rings. The van der Waals surface area contributed by atoms with Crippen molar-refractivity contribution >= 4 is 5.91 Å². The number of aromatic nitrogens is 1. The van der Waals surface area contributed by atoms with Gasteiger partial charge in [-0.25, -0.2) is 0 Å². The van der Waals surface area contributed by atoms with Crippen LogP contribution in [-0.4, -0.2) is 34.5 Å². The first-order valence-electron chi connectivity index (χ1n) is 5.52. The molecular weight excluding hydrogens is 228 g/mol. The Bertz CT molecular complexity index is 405. The zero-order chi connectivity index (χ0) is 12.4. The number of hydrogen-bond acceptors (Lipinski definition) is 2. The summed E-state index contributed by atoms with van der Waals surface area (Å²) < 4.78 is 26.2. The molecule has 1 aromatic heterocycles. The van der Waals surface area contributed by atoms with E-state index in [1.54, 1.807) is 12.1 Å². The smallest absolute Gasteiger partial charge is 0.318 e. The van der Waals surface area contributed by atoms with Gasteiger partial charge in [-0.2, -0.15) is 8.78 Å². The zero-order valence-corrected chi connectivity index (χ0v) is 9.57. The standard InChI is InChI=1S/C11H15F2N3O/c1-8-5-15(7-10(17)14-8)6-9-3-2-4-16(9)11(12)13/h2-4,8,11H,5-7H2,1H3,(H,14,17)/t8-/m0/s1. The SMILES string of the molecule is C[C@H]1CN(Cc2cccn2C(F)F)CC(=O)N1. The first-order chi connectivity index (χ1) is 8.06. The van der Waals surface area contributed by atoms with Crippen molar-refractivity contribution in [2.24, 2.45) is 0 Å². The number of rotatable bonds is 3. The van der Waals surface area contributed by atoms with Crippen LogP contribution >= 0.6 is 0 Å². The lowest BCUT2D eigenvalue weighted by molar-refractivity contribution is -0.125. The lowest BCUT2D eigenvalue weighted by atomic mass is 10.2. The Morgan fingerprint density at radius 3 is 3.00 bits per heavy atom. The highest BCUT2D eigenvalue weighted by Gasteiger charge is 2.22. The molecule has 1 N–H and O–H groups in total. The summed E-state index contributed by atoms with van der Waals surface area (Å²) in [5.41, 5.74) is 0.530. The van der Waals surface area contributed by atoms with Gasteiger partial charge in [-0.3, -0.25) is 14.3 Å². The van der Waals surface area contributed by atoms with Crippen LogP contribution in [0.25, 0.3) is 0 Å². The van der Waals surface area contributed by atoms with Gasteiger partial charge in [-0.1, -0.05) is 0 Å². The van der Waals surface area contributed by atoms with E-state index in [0.29, 0.717) is 18.8 Å². The normalized spacial score (nSPS) is 21.9. The third-order valence-corrected chi connectivity index (χ3v) is 2.77. The molecule has 2 rings (SSSR count). The fourth-order valence-corrected chi connectivity index (χ4v) is 2.12. The van der Waals surface area contributed by atoms with E-state index in [0.717, 1.165) is 4.57 Å². The lowest BCUT2D eigenvalue weighted by Crippen LogP contribution is -2.52. The predicted octanol–water partition coefficient (Wildman–Crippen LogP) is 1.20. The summed E-state index contributed by atoms with van der Waals surface area (Å²) >= 11 is 0. The first kappa shape index (κ1) is 12.0. The minimum atomic E-state index is -2.53. The zero-order valence-electron chi connectivity index (χ0n) is 9.57. The molecule has 1 fully saturated rings. The number of hydrogen-bond donors (Lipinski definition) is 1. The molecule has 17 heavy (non-hydrogen) atoms. The summed E-state index contributed by atoms with van der Waals surface area (Å²) in [6, 6.07) is 3.31. The van der Waals surface area contributed by atoms with Gasteiger partial charge in [-0.05, 0) is 19.1 Å². The highest BCUT2D eigenvalue weighted by molar-refractivity contribution is 5.79. The third kappa shape index (κ3) is 2.82. The summed E-state index contributed by atoms with van der Waals surface area (Å²) in [7, 11) is 0. The molecule has 6 heteroatoms. The largest absolute Gasteiger partial charge is 0.351 e. The molecule has 1 saturated heterocycles. The van der Waals surface area contributed by atoms with Gasteiger partial charge in [0.1, 0.15) is 0 Å². The average molecular weight is 243 g/mol. The van der Waals surface area contributed by atoms with E-state index in [-0.39, 0.29) is 18.5 Å². The summed E-state index contributed by atoms with van der Waals surface area (Å²) in [5.74, 6) is -0.0566. The summed E-state index contributed by atoms with van der Waals surface area (Å²) in [6.45, 7) is 0.681. The molecule has 4 nitrogen and oxygen atoms in total. The van der Waals surface area contributed by atoms with Gasteiger partial charge in [0, 0.05) is 31.0 Å². The Kier molecular flexibility index (Phi) is 3.42. The van der Waals surface area contributed by atoms with Crippen LogP contribution in [0.5, 0.6) is 0 Å². The number of nitrogens with zero attached hydrogens (tertiary/aromatic N) is 2. The maximum atomic E-state index is 12.6. The van der Waals surface area contributed by atoms with Crippen LogP contribution in [-0.2, 0) is 11.3 Å². The number of nitrogens with one attached hydrogen (secondary N) is 1. The lowest BCUT2D eigenvalue weighted by Gasteiger charge is -2.31. The van der Waals surface area contributed by atoms with Crippen molar-refractivity contribution in [1.82, 2.24) is 14.8 Å². The van der Waals surface area contributed by atoms with E-state index in [9.17, 15) is 13.6 Å². The molecule has 1 amide bonds. The van der Waals surface area contributed by atoms with Gasteiger partial charge in [0.05, 0.1) is 6.54 Å². The molecule has 1 aliphatic heterocycles. The quantitative estimate of drug-likeness (QED) is 0.866. The number of halogens is 2. The average Bonchev–Trinajstić information content (AvgIpc) is 2.63. The molecule has 94 valence electrons. The van der Waals surface area contributed by atoms with Crippen molar-refractivity contribution in [3.8, 4) is 0 Å². The van der Waals surface area contributed by atoms with Gasteiger partial charge < -0.3 is 5.32 Å². The molecule has 0 spiro atoms. The summed E-state index contributed by atoms with van der Waals surface area (Å²) in [4.78, 5) is 13.2. The van der Waals surface area contributed by atoms with Crippen molar-refractivity contribution in [3.05, 3.63) is 24.0 Å². The predicted molar refractivity (Wildman–Crippen MR) is 58.6 cm³/mol. The number of alkyl halides is 2. The van der Waals surface area contributed by atoms with E-state index in [2.05, 4.69) is 5.32 Å². The number of carbonyl (C=O) groups is 1. The fourth-order valence-electron chi connectivity index (χ4n) is 2.12. The summed E-state index contributed by atoms with van der Waals surface area (Å²) in [6.07, 6.45) is 1.35. The molecule has 0 aliphatic carbocycles. The Balaban J connectivity index is 2.05. The molecule has 0 bridgehead atoms. The molecule has 0 unspecified atom stereocenters. The Labute approximate surface area is 98.2 Å². The van der Waals surface area contributed by atoms with Gasteiger partial charge in [0.25, 0.3) is 0 Å². The topological polar surface area (TPSA) is 37.3 Å². The van der Waals surface area contributed by atoms with Crippen molar-refractivity contribution < 1.29 is 13.6 Å². The van der Waals surface area contributed by atoms with Crippen molar-refractivity contribution in [1.29, 1.82) is 0 Å². The van der Waals surface area contributed by atoms with E-state index >= 15 is 0 Å². The van der Waals surface area contributed by atoms with E-state index in [1.165, 1.54) is 6.20 Å². The highest BCUT2D eigenvalue weighted by Crippen LogP contribution is 2.16. The molecule has 1 atom stereocenters. The number of carbonyl (C=O) groups excluding carboxylic acids is 1. The van der Waals surface area contributed by atoms with Crippen LogP contribution in [0.3, 0.4) is 0 Å². The van der Waals surface area contributed by atoms with Gasteiger partial charge in [0.15, 0.2) is 0 Å². The molecule has 2 heterocycles. The molecule has 0 saturated carbocycles. The fraction of sp³-hybridized carbons (Fsp3) is 0.545. The number of amides is 1. The van der Waals surface area contributed by atoms with E-state index in [1.807, 2.05) is 11.8 Å². The van der Waals surface area contributed by atoms with Gasteiger partial charge >= 0.3 is 6.55 Å². The van der Waals surface area contributed by atoms with Crippen LogP contribution in [0.2, 0.25) is 0 Å². The van der Waals surface area contributed by atoms with Crippen LogP contribution in [0.15, 0.2) is 18.3 Å². The minimum absolute atomic E-state index is 0.0566. The van der Waals surface area contributed by atoms with E-state index in [4.69, 9.17) is 0 Å². The number of piperazine rings is 1. The van der Waals surface area contributed by atoms with Crippen LogP contribution < -0.4 is 5.32 Å². The maximum Gasteiger partial charge on any atom is 0.318 e. The minimum Gasteiger partial charge on any atom is -0.351 e. The van der Waals surface area contributed by atoms with Crippen LogP contribution in [0, 0.1) is 0 Å². The Morgan fingerprint density at radius 2 is 2.35 bits per heavy atom. The molecular formula is C11H15F2N3O. The maximum absolute atomic E-state index is 12.6. The molecule has 0 radical (unpaired) electrons. The molecule has 1 aliphatic rings. The van der Waals surface area contributed by atoms with Gasteiger partial charge in [0.2, 0.25) is 5.91 Å². The Morgan fingerprint density at radius 1 is 1.59 bits per heavy atom. The van der Waals surface area contributed by atoms with Crippen molar-refractivity contribution in [2.75, 3.05) is 13.1 Å². The van der Waals surface area contributed by atoms with E-state index < -0.39 is 6.55 Å². The first-order valence-corrected chi connectivity index (χ1v) is 5.52. The van der Waals surface area contributed by atoms with Crippen LogP contribution in [0.4, 0.5) is 8.78 Å². The van der Waals surface area contributed by atoms with Crippen LogP contribution in [0.1, 0.15) is 19.2 Å². The second kappa shape index (κ2) is 4.83. The molecule has 0 aromatic carbocycles. The van der Waals surface area contributed by atoms with Crippen molar-refractivity contribution in [3.63, 3.8) is 0 Å². The second-order valence-corrected chi connectivity index (χ2v) is 4.32.